The normalized spacial score (nSPS) is 22.2. The number of oxazole rings is 2. The van der Waals surface area contributed by atoms with E-state index in [9.17, 15) is 14.7 Å². The molecular weight excluding hydrogens is 650 g/mol. The molecule has 5 atom stereocenters. The number of amides is 2. The fourth-order valence-electron chi connectivity index (χ4n) is 7.28. The quantitative estimate of drug-likeness (QED) is 0.175. The van der Waals surface area contributed by atoms with Gasteiger partial charge in [0.05, 0.1) is 13.3 Å². The molecule has 12 nitrogen and oxygen atoms in total. The van der Waals surface area contributed by atoms with Gasteiger partial charge < -0.3 is 39.4 Å². The van der Waals surface area contributed by atoms with E-state index in [2.05, 4.69) is 16.0 Å². The minimum atomic E-state index is -1.28. The summed E-state index contributed by atoms with van der Waals surface area (Å²) < 4.78 is 25.3. The number of carbonyl (C=O) groups is 2. The van der Waals surface area contributed by atoms with Crippen molar-refractivity contribution in [3.8, 4) is 34.4 Å². The first-order valence-electron chi connectivity index (χ1n) is 17.1. The van der Waals surface area contributed by atoms with Crippen LogP contribution in [0.3, 0.4) is 0 Å². The molecule has 3 aliphatic rings. The Bertz CT molecular complexity index is 2140. The van der Waals surface area contributed by atoms with E-state index in [-0.39, 0.29) is 30.0 Å². The summed E-state index contributed by atoms with van der Waals surface area (Å²) in [5, 5.41) is 20.0. The average molecular weight is 690 g/mol. The molecule has 3 aromatic carbocycles. The number of hydrogen-bond donors (Lipinski definition) is 4. The van der Waals surface area contributed by atoms with Gasteiger partial charge in [0.1, 0.15) is 35.1 Å². The van der Waals surface area contributed by atoms with Gasteiger partial charge in [-0.1, -0.05) is 58.0 Å². The van der Waals surface area contributed by atoms with Gasteiger partial charge in [-0.05, 0) is 59.4 Å². The van der Waals surface area contributed by atoms with E-state index < -0.39 is 41.6 Å². The Morgan fingerprint density at radius 3 is 2.55 bits per heavy atom. The lowest BCUT2D eigenvalue weighted by Gasteiger charge is -2.29. The second-order valence-corrected chi connectivity index (χ2v) is 14.0. The molecular formula is C39H39N5O7. The topological polar surface area (TPSA) is 161 Å². The molecule has 0 aliphatic carbocycles. The maximum absolute atomic E-state index is 14.1. The van der Waals surface area contributed by atoms with Gasteiger partial charge in [-0.3, -0.25) is 9.59 Å². The smallest absolute Gasteiger partial charge is 0.249 e. The number of para-hydroxylation sites is 1. The molecule has 0 fully saturated rings. The number of hydrogen-bond acceptors (Lipinski definition) is 10. The second-order valence-electron chi connectivity index (χ2n) is 14.0. The van der Waals surface area contributed by atoms with Crippen LogP contribution < -0.4 is 25.4 Å². The van der Waals surface area contributed by atoms with Gasteiger partial charge in [-0.15, -0.1) is 0 Å². The summed E-state index contributed by atoms with van der Waals surface area (Å²) in [5.41, 5.74) is 3.53. The molecule has 1 unspecified atom stereocenters. The van der Waals surface area contributed by atoms with E-state index in [0.29, 0.717) is 23.0 Å². The number of fused-ring (bicyclic) bond motifs is 4. The number of methoxy groups -OCH3 is 1. The molecule has 12 heteroatoms. The number of rotatable bonds is 7. The predicted molar refractivity (Wildman–Crippen MR) is 187 cm³/mol. The minimum absolute atomic E-state index is 0.167. The monoisotopic (exact) mass is 689 g/mol. The number of nitrogens with zero attached hydrogens (tertiary/aromatic N) is 2. The molecule has 5 heterocycles. The van der Waals surface area contributed by atoms with Crippen LogP contribution in [0.5, 0.6) is 11.5 Å². The van der Waals surface area contributed by atoms with Gasteiger partial charge in [-0.2, -0.15) is 0 Å². The van der Waals surface area contributed by atoms with Crippen LogP contribution in [0, 0.1) is 11.8 Å². The molecule has 262 valence electrons. The van der Waals surface area contributed by atoms with Gasteiger partial charge in [0.25, 0.3) is 0 Å². The molecule has 0 saturated carbocycles. The summed E-state index contributed by atoms with van der Waals surface area (Å²) in [5.74, 6) is 1.27. The summed E-state index contributed by atoms with van der Waals surface area (Å²) in [4.78, 5) is 37.0. The molecule has 2 aromatic heterocycles. The highest BCUT2D eigenvalue weighted by molar-refractivity contribution is 5.90. The van der Waals surface area contributed by atoms with E-state index in [1.165, 1.54) is 0 Å². The molecule has 2 amide bonds. The van der Waals surface area contributed by atoms with Gasteiger partial charge in [0.2, 0.25) is 23.6 Å². The number of aliphatic hydroxyl groups is 1. The van der Waals surface area contributed by atoms with Crippen molar-refractivity contribution in [2.24, 2.45) is 11.8 Å². The van der Waals surface area contributed by atoms with Crippen LogP contribution in [0.1, 0.15) is 62.1 Å². The summed E-state index contributed by atoms with van der Waals surface area (Å²) in [6.07, 6.45) is -0.0703. The Morgan fingerprint density at radius 1 is 1.02 bits per heavy atom. The van der Waals surface area contributed by atoms with E-state index >= 15 is 0 Å². The summed E-state index contributed by atoms with van der Waals surface area (Å²) in [6.45, 7) is 7.40. The van der Waals surface area contributed by atoms with Crippen LogP contribution in [-0.4, -0.2) is 52.4 Å². The van der Waals surface area contributed by atoms with Crippen LogP contribution in [0.4, 0.5) is 5.69 Å². The first kappa shape index (κ1) is 32.6. The van der Waals surface area contributed by atoms with Crippen molar-refractivity contribution in [1.29, 1.82) is 0 Å². The third-order valence-electron chi connectivity index (χ3n) is 10.0. The standard InChI is InChI=1S/C39H39N5O7/c1-19(2)30-37-44-31(36-40-18-29(49-36)22-11-13-23(48-5)14-12-22)33(51-37)39-24-8-6-7-9-26(24)42-38(39)50-28-15-10-21(16-25(28)39)17-27(34(46)43-30)41-35(47)32(45)20(3)4/h6-16,18-20,27,30,32,38,42,45H,17H2,1-5H3,(H,41,47)(H,43,46)/t27-,30-,32-,38-,39?/m0/s1. The van der Waals surface area contributed by atoms with Crippen molar-refractivity contribution < 1.29 is 33.0 Å². The maximum atomic E-state index is 14.1. The van der Waals surface area contributed by atoms with Crippen LogP contribution in [0.15, 0.2) is 81.8 Å². The van der Waals surface area contributed by atoms with Gasteiger partial charge >= 0.3 is 0 Å². The minimum Gasteiger partial charge on any atom is -0.497 e. The van der Waals surface area contributed by atoms with Crippen molar-refractivity contribution in [2.75, 3.05) is 12.4 Å². The van der Waals surface area contributed by atoms with Crippen molar-refractivity contribution in [1.82, 2.24) is 20.6 Å². The fourth-order valence-corrected chi connectivity index (χ4v) is 7.28. The summed E-state index contributed by atoms with van der Waals surface area (Å²) in [6, 6.07) is 19.5. The van der Waals surface area contributed by atoms with Crippen LogP contribution in [-0.2, 0) is 21.4 Å². The van der Waals surface area contributed by atoms with Crippen molar-refractivity contribution in [3.63, 3.8) is 0 Å². The Labute approximate surface area is 294 Å². The Kier molecular flexibility index (Phi) is 7.86. The Hall–Kier alpha value is -5.62. The number of nitrogens with one attached hydrogen (secondary N) is 3. The highest BCUT2D eigenvalue weighted by atomic mass is 16.5. The SMILES string of the molecule is COc1ccc(-c2cnc(-c3nc4oc3C35c6ccccc6N[C@H]3Oc3ccc(cc35)C[C@H](NC(=O)[C@@H](O)C(C)C)C(=O)N[C@H]4C(C)C)o2)cc1. The summed E-state index contributed by atoms with van der Waals surface area (Å²) >= 11 is 0. The van der Waals surface area contributed by atoms with E-state index in [1.54, 1.807) is 27.2 Å². The fraction of sp³-hybridized carbons (Fsp3) is 0.333. The molecule has 4 bridgehead atoms. The van der Waals surface area contributed by atoms with Crippen molar-refractivity contribution in [2.45, 2.75) is 63.9 Å². The van der Waals surface area contributed by atoms with E-state index in [0.717, 1.165) is 33.7 Å². The van der Waals surface area contributed by atoms with Gasteiger partial charge in [-0.25, -0.2) is 9.97 Å². The zero-order valence-electron chi connectivity index (χ0n) is 28.9. The number of benzene rings is 3. The lowest BCUT2D eigenvalue weighted by molar-refractivity contribution is -0.135. The second kappa shape index (κ2) is 12.3. The third-order valence-corrected chi connectivity index (χ3v) is 10.0. The Balaban J connectivity index is 1.34. The largest absolute Gasteiger partial charge is 0.497 e. The van der Waals surface area contributed by atoms with Crippen molar-refractivity contribution >= 4 is 17.5 Å². The lowest BCUT2D eigenvalue weighted by atomic mass is 9.72. The first-order valence-corrected chi connectivity index (χ1v) is 17.1. The van der Waals surface area contributed by atoms with Gasteiger partial charge in [0, 0.05) is 23.2 Å². The van der Waals surface area contributed by atoms with E-state index in [1.807, 2.05) is 80.6 Å². The average Bonchev–Trinajstić information content (AvgIpc) is 3.91. The number of ether oxygens (including phenoxy) is 2. The number of aliphatic hydroxyl groups excluding tert-OH is 1. The number of aromatic nitrogens is 2. The van der Waals surface area contributed by atoms with Crippen LogP contribution in [0.25, 0.3) is 22.9 Å². The molecule has 8 rings (SSSR count). The molecule has 0 saturated heterocycles. The first-order chi connectivity index (χ1) is 24.6. The van der Waals surface area contributed by atoms with Crippen LogP contribution in [0.2, 0.25) is 0 Å². The molecule has 51 heavy (non-hydrogen) atoms. The number of anilines is 1. The molecule has 0 radical (unpaired) electrons. The zero-order valence-corrected chi connectivity index (χ0v) is 28.9. The third kappa shape index (κ3) is 5.24. The molecule has 5 aromatic rings. The van der Waals surface area contributed by atoms with Crippen LogP contribution >= 0.6 is 0 Å². The van der Waals surface area contributed by atoms with E-state index in [4.69, 9.17) is 28.3 Å². The highest BCUT2D eigenvalue weighted by Crippen LogP contribution is 2.59. The predicted octanol–water partition coefficient (Wildman–Crippen LogP) is 5.35. The van der Waals surface area contributed by atoms with Crippen molar-refractivity contribution in [3.05, 3.63) is 101 Å². The molecule has 1 spiro atoms. The molecule has 3 aliphatic heterocycles. The maximum Gasteiger partial charge on any atom is 0.249 e. The summed E-state index contributed by atoms with van der Waals surface area (Å²) in [7, 11) is 1.61. The lowest BCUT2D eigenvalue weighted by Crippen LogP contribution is -2.52. The van der Waals surface area contributed by atoms with Gasteiger partial charge in [0.15, 0.2) is 23.4 Å². The highest BCUT2D eigenvalue weighted by Gasteiger charge is 2.61. The number of carbonyl (C=O) groups excluding carboxylic acids is 2. The molecule has 4 N–H and O–H groups in total. The zero-order chi connectivity index (χ0) is 35.6. The Morgan fingerprint density at radius 2 is 1.80 bits per heavy atom.